The first-order valence-electron chi connectivity index (χ1n) is 11.6. The van der Waals surface area contributed by atoms with Crippen LogP contribution < -0.4 is 15.5 Å². The number of rotatable bonds is 6. The molecule has 0 radical (unpaired) electrons. The summed E-state index contributed by atoms with van der Waals surface area (Å²) in [5.74, 6) is -0.677. The number of nitrogens with one attached hydrogen (secondary N) is 2. The number of piperidine rings is 1. The van der Waals surface area contributed by atoms with E-state index in [9.17, 15) is 24.3 Å². The molecule has 35 heavy (non-hydrogen) atoms. The van der Waals surface area contributed by atoms with Gasteiger partial charge in [0.2, 0.25) is 5.91 Å². The van der Waals surface area contributed by atoms with Gasteiger partial charge in [-0.2, -0.15) is 0 Å². The van der Waals surface area contributed by atoms with E-state index in [-0.39, 0.29) is 24.3 Å². The summed E-state index contributed by atoms with van der Waals surface area (Å²) in [6, 6.07) is 8.28. The van der Waals surface area contributed by atoms with E-state index >= 15 is 0 Å². The molecule has 0 bridgehead atoms. The second-order valence-electron chi connectivity index (χ2n) is 8.64. The maximum absolute atomic E-state index is 13.0. The highest BCUT2D eigenvalue weighted by Crippen LogP contribution is 2.26. The maximum atomic E-state index is 13.0. The molecule has 2 fully saturated rings. The predicted molar refractivity (Wildman–Crippen MR) is 133 cm³/mol. The Morgan fingerprint density at radius 3 is 2.43 bits per heavy atom. The number of carbonyl (C=O) groups is 4. The highest BCUT2D eigenvalue weighted by atomic mass is 35.5. The number of hydrogen-bond donors (Lipinski definition) is 3. The number of carbonyl (C=O) groups excluding carboxylic acids is 3. The van der Waals surface area contributed by atoms with Gasteiger partial charge in [-0.05, 0) is 55.7 Å². The van der Waals surface area contributed by atoms with Crippen LogP contribution in [0.5, 0.6) is 0 Å². The van der Waals surface area contributed by atoms with Crippen LogP contribution in [0.3, 0.4) is 0 Å². The lowest BCUT2D eigenvalue weighted by atomic mass is 10.0. The topological polar surface area (TPSA) is 119 Å². The molecule has 4 rings (SSSR count). The highest BCUT2D eigenvalue weighted by Gasteiger charge is 2.45. The lowest BCUT2D eigenvalue weighted by Gasteiger charge is -2.27. The largest absolute Gasteiger partial charge is 0.465 e. The Morgan fingerprint density at radius 1 is 1.09 bits per heavy atom. The molecule has 11 heteroatoms. The van der Waals surface area contributed by atoms with Gasteiger partial charge in [-0.1, -0.05) is 18.5 Å². The summed E-state index contributed by atoms with van der Waals surface area (Å²) >= 11 is 7.08. The van der Waals surface area contributed by atoms with Crippen molar-refractivity contribution >= 4 is 52.4 Å². The zero-order valence-corrected chi connectivity index (χ0v) is 20.8. The van der Waals surface area contributed by atoms with Gasteiger partial charge in [-0.3, -0.25) is 14.4 Å². The molecule has 0 aliphatic carbocycles. The number of halogens is 1. The normalized spacial score (nSPS) is 22.2. The average molecular weight is 519 g/mol. The van der Waals surface area contributed by atoms with E-state index < -0.39 is 24.2 Å². The van der Waals surface area contributed by atoms with Crippen molar-refractivity contribution < 1.29 is 24.3 Å². The predicted octanol–water partition coefficient (Wildman–Crippen LogP) is 3.59. The van der Waals surface area contributed by atoms with Crippen molar-refractivity contribution in [2.45, 2.75) is 50.7 Å². The molecule has 4 amide bonds. The van der Waals surface area contributed by atoms with Crippen molar-refractivity contribution in [3.8, 4) is 0 Å². The number of benzene rings is 1. The summed E-state index contributed by atoms with van der Waals surface area (Å²) in [5.41, 5.74) is 1.13. The molecule has 9 nitrogen and oxygen atoms in total. The van der Waals surface area contributed by atoms with Crippen LogP contribution in [-0.4, -0.2) is 65.0 Å². The molecule has 2 saturated heterocycles. The van der Waals surface area contributed by atoms with E-state index in [1.165, 1.54) is 4.90 Å². The summed E-state index contributed by atoms with van der Waals surface area (Å²) in [4.78, 5) is 53.2. The van der Waals surface area contributed by atoms with Crippen molar-refractivity contribution in [1.82, 2.24) is 15.5 Å². The fourth-order valence-electron chi connectivity index (χ4n) is 4.73. The van der Waals surface area contributed by atoms with Gasteiger partial charge in [0.15, 0.2) is 0 Å². The zero-order chi connectivity index (χ0) is 25.1. The van der Waals surface area contributed by atoms with Crippen LogP contribution in [0.1, 0.15) is 52.6 Å². The van der Waals surface area contributed by atoms with E-state index in [1.807, 2.05) is 6.92 Å². The molecule has 0 saturated carbocycles. The summed E-state index contributed by atoms with van der Waals surface area (Å²) in [6.07, 6.45) is 1.71. The SMILES string of the molecule is CCC1[C@H](NC(=O)c2ccc(Cl)s2)[C@@H](NC(=O)c2ccc(N3CCCCC3=O)cc2)CN1C(=O)O. The lowest BCUT2D eigenvalue weighted by Crippen LogP contribution is -2.53. The second-order valence-corrected chi connectivity index (χ2v) is 10.4. The minimum atomic E-state index is -1.11. The Hall–Kier alpha value is -3.11. The molecule has 0 spiro atoms. The summed E-state index contributed by atoms with van der Waals surface area (Å²) in [5, 5.41) is 15.5. The average Bonchev–Trinajstić information content (AvgIpc) is 3.43. The van der Waals surface area contributed by atoms with Gasteiger partial charge in [0, 0.05) is 30.8 Å². The summed E-state index contributed by atoms with van der Waals surface area (Å²) in [7, 11) is 0. The van der Waals surface area contributed by atoms with Crippen molar-refractivity contribution in [3.63, 3.8) is 0 Å². The molecule has 2 aliphatic heterocycles. The van der Waals surface area contributed by atoms with Crippen molar-refractivity contribution in [2.24, 2.45) is 0 Å². The van der Waals surface area contributed by atoms with Crippen molar-refractivity contribution in [1.29, 1.82) is 0 Å². The summed E-state index contributed by atoms with van der Waals surface area (Å²) < 4.78 is 0.473. The number of anilines is 1. The first-order chi connectivity index (χ1) is 16.8. The van der Waals surface area contributed by atoms with Gasteiger partial charge < -0.3 is 25.5 Å². The molecular formula is C24H27ClN4O5S. The van der Waals surface area contributed by atoms with Crippen LogP contribution in [0.4, 0.5) is 10.5 Å². The van der Waals surface area contributed by atoms with Crippen LogP contribution in [-0.2, 0) is 4.79 Å². The third-order valence-corrected chi connectivity index (χ3v) is 7.71. The summed E-state index contributed by atoms with van der Waals surface area (Å²) in [6.45, 7) is 2.55. The quantitative estimate of drug-likeness (QED) is 0.540. The van der Waals surface area contributed by atoms with Crippen LogP contribution in [0.25, 0.3) is 0 Å². The maximum Gasteiger partial charge on any atom is 0.407 e. The molecule has 2 aliphatic rings. The van der Waals surface area contributed by atoms with Crippen molar-refractivity contribution in [2.75, 3.05) is 18.0 Å². The Morgan fingerprint density at radius 2 is 1.83 bits per heavy atom. The van der Waals surface area contributed by atoms with Gasteiger partial charge in [-0.15, -0.1) is 11.3 Å². The number of likely N-dealkylation sites (tertiary alicyclic amines) is 1. The Bertz CT molecular complexity index is 1120. The standard InChI is InChI=1S/C24H27ClN4O5S/c1-2-17-21(27-23(32)18-10-11-19(25)35-18)16(13-29(17)24(33)34)26-22(31)14-6-8-15(9-7-14)28-12-4-3-5-20(28)30/h6-11,16-17,21H,2-5,12-13H2,1H3,(H,26,31)(H,27,32)(H,33,34)/t16-,17?,21+/m0/s1. The third kappa shape index (κ3) is 5.43. The molecule has 3 N–H and O–H groups in total. The Kier molecular flexibility index (Phi) is 7.61. The molecule has 1 aromatic carbocycles. The van der Waals surface area contributed by atoms with E-state index in [4.69, 9.17) is 11.6 Å². The fraction of sp³-hybridized carbons (Fsp3) is 0.417. The van der Waals surface area contributed by atoms with Gasteiger partial charge in [0.1, 0.15) is 0 Å². The van der Waals surface area contributed by atoms with E-state index in [1.54, 1.807) is 41.3 Å². The van der Waals surface area contributed by atoms with Crippen molar-refractivity contribution in [3.05, 3.63) is 51.2 Å². The molecule has 1 unspecified atom stereocenters. The van der Waals surface area contributed by atoms with Crippen LogP contribution in [0.15, 0.2) is 36.4 Å². The molecule has 1 aromatic heterocycles. The Labute approximate surface area is 212 Å². The minimum absolute atomic E-state index is 0.0517. The number of carboxylic acid groups (broad SMARTS) is 1. The first-order valence-corrected chi connectivity index (χ1v) is 12.7. The molecule has 3 atom stereocenters. The van der Waals surface area contributed by atoms with Gasteiger partial charge in [-0.25, -0.2) is 4.79 Å². The van der Waals surface area contributed by atoms with E-state index in [0.29, 0.717) is 34.2 Å². The third-order valence-electron chi connectivity index (χ3n) is 6.48. The number of thiophene rings is 1. The van der Waals surface area contributed by atoms with Gasteiger partial charge >= 0.3 is 6.09 Å². The monoisotopic (exact) mass is 518 g/mol. The van der Waals surface area contributed by atoms with Crippen LogP contribution >= 0.6 is 22.9 Å². The number of amides is 4. The first kappa shape index (κ1) is 25.0. The number of hydrogen-bond acceptors (Lipinski definition) is 5. The fourth-order valence-corrected chi connectivity index (χ4v) is 5.68. The van der Waals surface area contributed by atoms with Gasteiger partial charge in [0.25, 0.3) is 11.8 Å². The van der Waals surface area contributed by atoms with E-state index in [2.05, 4.69) is 10.6 Å². The lowest BCUT2D eigenvalue weighted by molar-refractivity contribution is -0.119. The van der Waals surface area contributed by atoms with Crippen LogP contribution in [0.2, 0.25) is 4.34 Å². The molecular weight excluding hydrogens is 492 g/mol. The number of nitrogens with zero attached hydrogens (tertiary/aromatic N) is 2. The smallest absolute Gasteiger partial charge is 0.407 e. The zero-order valence-electron chi connectivity index (χ0n) is 19.2. The molecule has 3 heterocycles. The minimum Gasteiger partial charge on any atom is -0.465 e. The second kappa shape index (κ2) is 10.7. The van der Waals surface area contributed by atoms with Crippen LogP contribution in [0, 0.1) is 0 Å². The Balaban J connectivity index is 1.49. The molecule has 186 valence electrons. The molecule has 2 aromatic rings. The van der Waals surface area contributed by atoms with E-state index in [0.717, 1.165) is 29.9 Å². The highest BCUT2D eigenvalue weighted by molar-refractivity contribution is 7.18. The van der Waals surface area contributed by atoms with Gasteiger partial charge in [0.05, 0.1) is 27.3 Å².